The van der Waals surface area contributed by atoms with E-state index in [9.17, 15) is 9.90 Å². The van der Waals surface area contributed by atoms with Crippen molar-refractivity contribution in [3.05, 3.63) is 24.3 Å². The maximum atomic E-state index is 11.0. The first-order valence-electron chi connectivity index (χ1n) is 11.4. The van der Waals surface area contributed by atoms with Gasteiger partial charge in [-0.15, -0.1) is 0 Å². The molecule has 3 nitrogen and oxygen atoms in total. The first-order chi connectivity index (χ1) is 13.2. The predicted molar refractivity (Wildman–Crippen MR) is 116 cm³/mol. The van der Waals surface area contributed by atoms with Crippen molar-refractivity contribution in [3.63, 3.8) is 0 Å². The summed E-state index contributed by atoms with van der Waals surface area (Å²) in [6.07, 6.45) is 25.9. The van der Waals surface area contributed by atoms with Crippen molar-refractivity contribution in [2.24, 2.45) is 0 Å². The fourth-order valence-corrected chi connectivity index (χ4v) is 3.12. The van der Waals surface area contributed by atoms with Crippen molar-refractivity contribution in [3.8, 4) is 0 Å². The van der Waals surface area contributed by atoms with Crippen LogP contribution in [0.25, 0.3) is 0 Å². The minimum absolute atomic E-state index is 0. The van der Waals surface area contributed by atoms with E-state index in [0.29, 0.717) is 0 Å². The van der Waals surface area contributed by atoms with Crippen LogP contribution in [0, 0.1) is 0 Å². The van der Waals surface area contributed by atoms with Crippen LogP contribution in [0.15, 0.2) is 24.3 Å². The van der Waals surface area contributed by atoms with Gasteiger partial charge in [0.05, 0.1) is 5.97 Å². The third kappa shape index (κ3) is 23.5. The molecule has 0 amide bonds. The molecule has 0 aliphatic rings. The summed E-state index contributed by atoms with van der Waals surface area (Å²) in [7, 11) is 0. The molecule has 0 aromatic carbocycles. The Morgan fingerprint density at radius 1 is 0.679 bits per heavy atom. The Labute approximate surface area is 187 Å². The summed E-state index contributed by atoms with van der Waals surface area (Å²) in [6.45, 7) is 6.28. The van der Waals surface area contributed by atoms with E-state index < -0.39 is 5.97 Å². The van der Waals surface area contributed by atoms with Gasteiger partial charge in [0.1, 0.15) is 0 Å². The zero-order valence-electron chi connectivity index (χ0n) is 19.1. The SMILES string of the molecule is CCCC/C=C/CCCCCN(CCCCC/C=C/CCCC)CC(=O)[O-].[Li+]. The molecule has 0 heterocycles. The fourth-order valence-electron chi connectivity index (χ4n) is 3.12. The molecule has 158 valence electrons. The van der Waals surface area contributed by atoms with Crippen molar-refractivity contribution < 1.29 is 28.8 Å². The molecule has 0 rings (SSSR count). The Bertz CT molecular complexity index is 355. The Kier molecular flexibility index (Phi) is 26.0. The Hall–Kier alpha value is -0.493. The number of unbranched alkanes of at least 4 members (excludes halogenated alkanes) is 10. The number of nitrogens with zero attached hydrogens (tertiary/aromatic N) is 1. The van der Waals surface area contributed by atoms with Gasteiger partial charge >= 0.3 is 18.9 Å². The second-order valence-corrected chi connectivity index (χ2v) is 7.57. The number of aliphatic carboxylic acids is 1. The molecule has 0 unspecified atom stereocenters. The summed E-state index contributed by atoms with van der Waals surface area (Å²) in [5.74, 6) is -0.951. The molecule has 4 heteroatoms. The minimum atomic E-state index is -0.951. The normalized spacial score (nSPS) is 11.5. The number of rotatable bonds is 20. The maximum Gasteiger partial charge on any atom is 1.00 e. The van der Waals surface area contributed by atoms with E-state index >= 15 is 0 Å². The summed E-state index contributed by atoms with van der Waals surface area (Å²) in [5.41, 5.74) is 0. The van der Waals surface area contributed by atoms with Gasteiger partial charge in [-0.1, -0.05) is 76.7 Å². The average molecular weight is 386 g/mol. The van der Waals surface area contributed by atoms with Crippen LogP contribution in [-0.4, -0.2) is 30.5 Å². The first kappa shape index (κ1) is 29.7. The maximum absolute atomic E-state index is 11.0. The molecule has 0 aliphatic heterocycles. The third-order valence-corrected chi connectivity index (χ3v) is 4.82. The van der Waals surface area contributed by atoms with E-state index in [2.05, 4.69) is 43.1 Å². The Morgan fingerprint density at radius 3 is 1.43 bits per heavy atom. The minimum Gasteiger partial charge on any atom is -0.549 e. The molecular weight excluding hydrogens is 341 g/mol. The second-order valence-electron chi connectivity index (χ2n) is 7.57. The van der Waals surface area contributed by atoms with E-state index in [0.717, 1.165) is 38.8 Å². The van der Waals surface area contributed by atoms with Crippen LogP contribution in [0.1, 0.15) is 104 Å². The van der Waals surface area contributed by atoms with Gasteiger partial charge in [0.2, 0.25) is 0 Å². The zero-order valence-corrected chi connectivity index (χ0v) is 19.1. The van der Waals surface area contributed by atoms with Crippen molar-refractivity contribution >= 4 is 5.97 Å². The fraction of sp³-hybridized carbons (Fsp3) is 0.792. The van der Waals surface area contributed by atoms with Crippen LogP contribution in [0.5, 0.6) is 0 Å². The number of hydrogen-bond acceptors (Lipinski definition) is 3. The van der Waals surface area contributed by atoms with E-state index in [-0.39, 0.29) is 25.4 Å². The number of carboxylic acid groups (broad SMARTS) is 1. The average Bonchev–Trinajstić information content (AvgIpc) is 2.64. The van der Waals surface area contributed by atoms with E-state index in [4.69, 9.17) is 0 Å². The first-order valence-corrected chi connectivity index (χ1v) is 11.4. The predicted octanol–water partition coefficient (Wildman–Crippen LogP) is 2.66. The molecule has 0 N–H and O–H groups in total. The molecule has 0 aromatic rings. The Morgan fingerprint density at radius 2 is 1.07 bits per heavy atom. The van der Waals surface area contributed by atoms with E-state index in [1.165, 1.54) is 64.2 Å². The van der Waals surface area contributed by atoms with Crippen molar-refractivity contribution in [1.82, 2.24) is 4.90 Å². The number of allylic oxidation sites excluding steroid dienone is 4. The Balaban J connectivity index is 0. The summed E-state index contributed by atoms with van der Waals surface area (Å²) in [6, 6.07) is 0. The number of carbonyl (C=O) groups is 1. The van der Waals surface area contributed by atoms with Gasteiger partial charge in [-0.25, -0.2) is 0 Å². The van der Waals surface area contributed by atoms with Gasteiger partial charge in [-0.2, -0.15) is 0 Å². The molecule has 0 radical (unpaired) electrons. The van der Waals surface area contributed by atoms with Crippen molar-refractivity contribution in [2.75, 3.05) is 19.6 Å². The molecule has 0 saturated carbocycles. The molecule has 0 atom stereocenters. The van der Waals surface area contributed by atoms with Crippen molar-refractivity contribution in [2.45, 2.75) is 104 Å². The molecule has 0 aromatic heterocycles. The molecule has 0 aliphatic carbocycles. The van der Waals surface area contributed by atoms with Crippen LogP contribution in [0.4, 0.5) is 0 Å². The monoisotopic (exact) mass is 385 g/mol. The topological polar surface area (TPSA) is 43.4 Å². The number of carboxylic acids is 1. The van der Waals surface area contributed by atoms with Crippen LogP contribution >= 0.6 is 0 Å². The molecular formula is C24H44LiNO2. The van der Waals surface area contributed by atoms with Gasteiger partial charge < -0.3 is 9.90 Å². The van der Waals surface area contributed by atoms with Crippen LogP contribution in [-0.2, 0) is 4.79 Å². The quantitative estimate of drug-likeness (QED) is 0.184. The molecule has 0 bridgehead atoms. The molecule has 0 saturated heterocycles. The van der Waals surface area contributed by atoms with Crippen molar-refractivity contribution in [1.29, 1.82) is 0 Å². The molecule has 0 fully saturated rings. The second kappa shape index (κ2) is 24.5. The summed E-state index contributed by atoms with van der Waals surface area (Å²) >= 11 is 0. The van der Waals surface area contributed by atoms with Crippen LogP contribution in [0.2, 0.25) is 0 Å². The third-order valence-electron chi connectivity index (χ3n) is 4.82. The van der Waals surface area contributed by atoms with Gasteiger partial charge in [0, 0.05) is 6.54 Å². The van der Waals surface area contributed by atoms with Gasteiger partial charge in [0.15, 0.2) is 0 Å². The smallest absolute Gasteiger partial charge is 0.549 e. The zero-order chi connectivity index (χ0) is 20.0. The van der Waals surface area contributed by atoms with E-state index in [1.807, 2.05) is 0 Å². The van der Waals surface area contributed by atoms with Crippen LogP contribution in [0.3, 0.4) is 0 Å². The number of hydrogen-bond donors (Lipinski definition) is 0. The summed E-state index contributed by atoms with van der Waals surface area (Å²) < 4.78 is 0. The van der Waals surface area contributed by atoms with Gasteiger partial charge in [0.25, 0.3) is 0 Å². The summed E-state index contributed by atoms with van der Waals surface area (Å²) in [4.78, 5) is 13.0. The number of carbonyl (C=O) groups excluding carboxylic acids is 1. The molecule has 28 heavy (non-hydrogen) atoms. The van der Waals surface area contributed by atoms with E-state index in [1.54, 1.807) is 0 Å². The van der Waals surface area contributed by atoms with Gasteiger partial charge in [-0.3, -0.25) is 4.90 Å². The largest absolute Gasteiger partial charge is 1.00 e. The van der Waals surface area contributed by atoms with Crippen LogP contribution < -0.4 is 24.0 Å². The summed E-state index contributed by atoms with van der Waals surface area (Å²) in [5, 5.41) is 11.0. The standard InChI is InChI=1S/C24H45NO2.Li/c1-3-5-7-9-11-13-15-17-19-21-25(23-24(26)27)22-20-18-16-14-12-10-8-6-4-2;/h9-12H,3-8,13-23H2,1-2H3,(H,26,27);/q;+1/p-1/b11-9+,12-10+;. The molecule has 0 spiro atoms. The van der Waals surface area contributed by atoms with Gasteiger partial charge in [-0.05, 0) is 64.5 Å².